The Hall–Kier alpha value is -0.350. The second-order valence-corrected chi connectivity index (χ2v) is 3.51. The molecule has 0 saturated carbocycles. The van der Waals surface area contributed by atoms with Gasteiger partial charge in [0.2, 0.25) is 0 Å². The summed E-state index contributed by atoms with van der Waals surface area (Å²) in [7, 11) is 0. The first-order valence-electron chi connectivity index (χ1n) is 3.38. The van der Waals surface area contributed by atoms with Crippen LogP contribution in [0.15, 0.2) is 17.0 Å². The fraction of sp³-hybridized carbons (Fsp3) is 0.250. The second kappa shape index (κ2) is 3.42. The monoisotopic (exact) mass is 226 g/mol. The van der Waals surface area contributed by atoms with Crippen molar-refractivity contribution in [3.63, 3.8) is 0 Å². The van der Waals surface area contributed by atoms with Crippen LogP contribution in [0.1, 0.15) is 11.1 Å². The number of rotatable bonds is 0. The molecule has 0 radical (unpaired) electrons. The Kier molecular flexibility index (Phi) is 2.82. The van der Waals surface area contributed by atoms with E-state index < -0.39 is 11.7 Å². The molecule has 0 saturated heterocycles. The lowest BCUT2D eigenvalue weighted by atomic mass is 10.1. The SMILES string of the molecule is Cc1cc(Cl)c(S)cc1C(F)(F)F. The van der Waals surface area contributed by atoms with E-state index >= 15 is 0 Å². The van der Waals surface area contributed by atoms with Crippen LogP contribution in [0, 0.1) is 6.92 Å². The highest BCUT2D eigenvalue weighted by atomic mass is 35.5. The van der Waals surface area contributed by atoms with Crippen LogP contribution in [0.3, 0.4) is 0 Å². The molecule has 0 aliphatic heterocycles. The van der Waals surface area contributed by atoms with E-state index in [1.807, 2.05) is 0 Å². The van der Waals surface area contributed by atoms with E-state index in [4.69, 9.17) is 11.6 Å². The van der Waals surface area contributed by atoms with Crippen LogP contribution in [-0.4, -0.2) is 0 Å². The van der Waals surface area contributed by atoms with Gasteiger partial charge in [0.15, 0.2) is 0 Å². The Balaban J connectivity index is 3.32. The van der Waals surface area contributed by atoms with E-state index in [2.05, 4.69) is 12.6 Å². The lowest BCUT2D eigenvalue weighted by Gasteiger charge is -2.11. The molecule has 0 aliphatic carbocycles. The van der Waals surface area contributed by atoms with Gasteiger partial charge >= 0.3 is 6.18 Å². The van der Waals surface area contributed by atoms with E-state index in [1.165, 1.54) is 13.0 Å². The number of benzene rings is 1. The Labute approximate surface area is 84.1 Å². The first-order valence-corrected chi connectivity index (χ1v) is 4.21. The average Bonchev–Trinajstić information content (AvgIpc) is 1.94. The maximum Gasteiger partial charge on any atom is 0.416 e. The first-order chi connectivity index (χ1) is 5.82. The predicted octanol–water partition coefficient (Wildman–Crippen LogP) is 3.96. The molecule has 5 heteroatoms. The van der Waals surface area contributed by atoms with Gasteiger partial charge in [0, 0.05) is 4.90 Å². The number of halogens is 4. The molecule has 1 aromatic rings. The van der Waals surface area contributed by atoms with Gasteiger partial charge in [-0.1, -0.05) is 11.6 Å². The van der Waals surface area contributed by atoms with E-state index in [1.54, 1.807) is 0 Å². The van der Waals surface area contributed by atoms with Gasteiger partial charge in [0.1, 0.15) is 0 Å². The number of hydrogen-bond donors (Lipinski definition) is 1. The fourth-order valence-electron chi connectivity index (χ4n) is 0.967. The molecule has 0 aliphatic rings. The van der Waals surface area contributed by atoms with Crippen molar-refractivity contribution in [2.45, 2.75) is 18.0 Å². The fourth-order valence-corrected chi connectivity index (χ4v) is 1.38. The van der Waals surface area contributed by atoms with Crippen LogP contribution in [0.5, 0.6) is 0 Å². The van der Waals surface area contributed by atoms with Gasteiger partial charge < -0.3 is 0 Å². The molecule has 0 bridgehead atoms. The molecule has 1 aromatic carbocycles. The van der Waals surface area contributed by atoms with Gasteiger partial charge in [0.25, 0.3) is 0 Å². The first kappa shape index (κ1) is 10.7. The molecule has 0 N–H and O–H groups in total. The minimum absolute atomic E-state index is 0.107. The molecule has 0 aromatic heterocycles. The number of aryl methyl sites for hydroxylation is 1. The van der Waals surface area contributed by atoms with Gasteiger partial charge in [-0.15, -0.1) is 12.6 Å². The molecule has 0 heterocycles. The molecule has 0 spiro atoms. The van der Waals surface area contributed by atoms with Crippen molar-refractivity contribution < 1.29 is 13.2 Å². The van der Waals surface area contributed by atoms with Crippen molar-refractivity contribution in [1.29, 1.82) is 0 Å². The zero-order valence-electron chi connectivity index (χ0n) is 6.61. The average molecular weight is 227 g/mol. The highest BCUT2D eigenvalue weighted by Crippen LogP contribution is 2.35. The van der Waals surface area contributed by atoms with Crippen molar-refractivity contribution >= 4 is 24.2 Å². The Morgan fingerprint density at radius 2 is 1.85 bits per heavy atom. The summed E-state index contributed by atoms with van der Waals surface area (Å²) in [6.07, 6.45) is -4.34. The molecular weight excluding hydrogens is 221 g/mol. The molecule has 0 amide bonds. The summed E-state index contributed by atoms with van der Waals surface area (Å²) >= 11 is 9.41. The smallest absolute Gasteiger partial charge is 0.166 e. The van der Waals surface area contributed by atoms with Crippen LogP contribution >= 0.6 is 24.2 Å². The number of hydrogen-bond acceptors (Lipinski definition) is 1. The van der Waals surface area contributed by atoms with Crippen molar-refractivity contribution in [3.8, 4) is 0 Å². The Morgan fingerprint density at radius 1 is 1.31 bits per heavy atom. The highest BCUT2D eigenvalue weighted by Gasteiger charge is 2.32. The molecule has 0 fully saturated rings. The third-order valence-corrected chi connectivity index (χ3v) is 2.41. The van der Waals surface area contributed by atoms with Gasteiger partial charge in [-0.3, -0.25) is 0 Å². The van der Waals surface area contributed by atoms with Crippen LogP contribution in [-0.2, 0) is 6.18 Å². The highest BCUT2D eigenvalue weighted by molar-refractivity contribution is 7.80. The lowest BCUT2D eigenvalue weighted by molar-refractivity contribution is -0.138. The van der Waals surface area contributed by atoms with Crippen molar-refractivity contribution in [2.75, 3.05) is 0 Å². The Morgan fingerprint density at radius 3 is 2.31 bits per heavy atom. The summed E-state index contributed by atoms with van der Waals surface area (Å²) in [6.45, 7) is 1.36. The van der Waals surface area contributed by atoms with Gasteiger partial charge in [-0.25, -0.2) is 0 Å². The number of alkyl halides is 3. The van der Waals surface area contributed by atoms with E-state index in [-0.39, 0.29) is 15.5 Å². The quantitative estimate of drug-likeness (QED) is 0.636. The minimum Gasteiger partial charge on any atom is -0.166 e. The Bertz CT molecular complexity index is 333. The van der Waals surface area contributed by atoms with E-state index in [0.717, 1.165) is 6.07 Å². The summed E-state index contributed by atoms with van der Waals surface area (Å²) in [5.41, 5.74) is -0.586. The summed E-state index contributed by atoms with van der Waals surface area (Å²) < 4.78 is 36.9. The zero-order valence-corrected chi connectivity index (χ0v) is 8.26. The number of thiol groups is 1. The van der Waals surface area contributed by atoms with Gasteiger partial charge in [-0.2, -0.15) is 13.2 Å². The van der Waals surface area contributed by atoms with E-state index in [0.29, 0.717) is 0 Å². The topological polar surface area (TPSA) is 0 Å². The third kappa shape index (κ3) is 2.31. The minimum atomic E-state index is -4.34. The largest absolute Gasteiger partial charge is 0.416 e. The normalized spacial score (nSPS) is 11.8. The molecular formula is C8H6ClF3S. The standard InChI is InChI=1S/C8H6ClF3S/c1-4-2-6(9)7(13)3-5(4)8(10,11)12/h2-3,13H,1H3. The predicted molar refractivity (Wildman–Crippen MR) is 48.4 cm³/mol. The maximum atomic E-state index is 12.3. The van der Waals surface area contributed by atoms with Gasteiger partial charge in [0.05, 0.1) is 10.6 Å². The van der Waals surface area contributed by atoms with Crippen molar-refractivity contribution in [2.24, 2.45) is 0 Å². The molecule has 0 unspecified atom stereocenters. The zero-order chi connectivity index (χ0) is 10.2. The molecule has 0 nitrogen and oxygen atoms in total. The van der Waals surface area contributed by atoms with Crippen LogP contribution in [0.2, 0.25) is 5.02 Å². The van der Waals surface area contributed by atoms with Crippen LogP contribution in [0.25, 0.3) is 0 Å². The summed E-state index contributed by atoms with van der Waals surface area (Å²) in [5, 5.41) is 0.230. The molecule has 0 atom stereocenters. The molecule has 1 rings (SSSR count). The third-order valence-electron chi connectivity index (χ3n) is 1.60. The van der Waals surface area contributed by atoms with Crippen molar-refractivity contribution in [1.82, 2.24) is 0 Å². The second-order valence-electron chi connectivity index (χ2n) is 2.62. The lowest BCUT2D eigenvalue weighted by Crippen LogP contribution is -2.07. The molecule has 13 heavy (non-hydrogen) atoms. The molecule has 72 valence electrons. The maximum absolute atomic E-state index is 12.3. The van der Waals surface area contributed by atoms with Gasteiger partial charge in [-0.05, 0) is 24.6 Å². The van der Waals surface area contributed by atoms with Crippen molar-refractivity contribution in [3.05, 3.63) is 28.3 Å². The summed E-state index contributed by atoms with van der Waals surface area (Å²) in [6, 6.07) is 2.19. The summed E-state index contributed by atoms with van der Waals surface area (Å²) in [5.74, 6) is 0. The van der Waals surface area contributed by atoms with Crippen LogP contribution in [0.4, 0.5) is 13.2 Å². The summed E-state index contributed by atoms with van der Waals surface area (Å²) in [4.78, 5) is 0.139. The van der Waals surface area contributed by atoms with E-state index in [9.17, 15) is 13.2 Å². The van der Waals surface area contributed by atoms with Crippen LogP contribution < -0.4 is 0 Å².